The SMILES string of the molecule is Nc1ccc(C(=O)NCc2cc(F)ccc2F)cc1O. The van der Waals surface area contributed by atoms with Crippen molar-refractivity contribution >= 4 is 11.6 Å². The van der Waals surface area contributed by atoms with E-state index in [-0.39, 0.29) is 29.1 Å². The van der Waals surface area contributed by atoms with Gasteiger partial charge >= 0.3 is 0 Å². The zero-order valence-electron chi connectivity index (χ0n) is 10.4. The summed E-state index contributed by atoms with van der Waals surface area (Å²) in [7, 11) is 0. The van der Waals surface area contributed by atoms with Crippen molar-refractivity contribution < 1.29 is 18.7 Å². The number of hydrogen-bond donors (Lipinski definition) is 3. The Morgan fingerprint density at radius 3 is 2.65 bits per heavy atom. The average molecular weight is 278 g/mol. The zero-order chi connectivity index (χ0) is 14.7. The number of amides is 1. The molecule has 0 aliphatic carbocycles. The second kappa shape index (κ2) is 5.56. The highest BCUT2D eigenvalue weighted by atomic mass is 19.1. The lowest BCUT2D eigenvalue weighted by molar-refractivity contribution is 0.0950. The lowest BCUT2D eigenvalue weighted by atomic mass is 10.1. The van der Waals surface area contributed by atoms with Gasteiger partial charge in [0.1, 0.15) is 17.4 Å². The number of benzene rings is 2. The number of phenolic OH excluding ortho intramolecular Hbond substituents is 1. The summed E-state index contributed by atoms with van der Waals surface area (Å²) in [5, 5.41) is 11.8. The molecule has 0 aromatic heterocycles. The normalized spacial score (nSPS) is 10.3. The van der Waals surface area contributed by atoms with Gasteiger partial charge in [0.2, 0.25) is 0 Å². The van der Waals surface area contributed by atoms with Gasteiger partial charge in [0.15, 0.2) is 0 Å². The van der Waals surface area contributed by atoms with Crippen LogP contribution >= 0.6 is 0 Å². The van der Waals surface area contributed by atoms with Crippen molar-refractivity contribution in [1.82, 2.24) is 5.32 Å². The number of phenols is 1. The number of anilines is 1. The molecular weight excluding hydrogens is 266 g/mol. The molecule has 4 N–H and O–H groups in total. The van der Waals surface area contributed by atoms with Crippen LogP contribution in [0.1, 0.15) is 15.9 Å². The molecule has 4 nitrogen and oxygen atoms in total. The number of carbonyl (C=O) groups excluding carboxylic acids is 1. The van der Waals surface area contributed by atoms with Gasteiger partial charge in [-0.2, -0.15) is 0 Å². The summed E-state index contributed by atoms with van der Waals surface area (Å²) in [6.45, 7) is -0.159. The second-order valence-corrected chi connectivity index (χ2v) is 4.19. The van der Waals surface area contributed by atoms with Crippen molar-refractivity contribution in [2.45, 2.75) is 6.54 Å². The van der Waals surface area contributed by atoms with Gasteiger partial charge in [-0.05, 0) is 36.4 Å². The first-order chi connectivity index (χ1) is 9.47. The van der Waals surface area contributed by atoms with Gasteiger partial charge in [-0.15, -0.1) is 0 Å². The lowest BCUT2D eigenvalue weighted by Gasteiger charge is -2.07. The standard InChI is InChI=1S/C14H12F2N2O2/c15-10-2-3-11(16)9(5-10)7-18-14(20)8-1-4-12(17)13(19)6-8/h1-6,19H,7,17H2,(H,18,20). The molecule has 2 aromatic carbocycles. The summed E-state index contributed by atoms with van der Waals surface area (Å²) in [6.07, 6.45) is 0. The maximum atomic E-state index is 13.4. The van der Waals surface area contributed by atoms with E-state index in [9.17, 15) is 18.7 Å². The Labute approximate surface area is 113 Å². The second-order valence-electron chi connectivity index (χ2n) is 4.19. The monoisotopic (exact) mass is 278 g/mol. The molecule has 20 heavy (non-hydrogen) atoms. The number of rotatable bonds is 3. The average Bonchev–Trinajstić information content (AvgIpc) is 2.42. The summed E-state index contributed by atoms with van der Waals surface area (Å²) in [6, 6.07) is 7.01. The van der Waals surface area contributed by atoms with Gasteiger partial charge in [-0.1, -0.05) is 0 Å². The highest BCUT2D eigenvalue weighted by molar-refractivity contribution is 5.95. The van der Waals surface area contributed by atoms with Gasteiger partial charge in [-0.25, -0.2) is 8.78 Å². The van der Waals surface area contributed by atoms with Crippen molar-refractivity contribution in [3.8, 4) is 5.75 Å². The first-order valence-electron chi connectivity index (χ1n) is 5.78. The number of hydrogen-bond acceptors (Lipinski definition) is 3. The van der Waals surface area contributed by atoms with E-state index >= 15 is 0 Å². The Morgan fingerprint density at radius 1 is 1.20 bits per heavy atom. The smallest absolute Gasteiger partial charge is 0.251 e. The van der Waals surface area contributed by atoms with Crippen LogP contribution in [0, 0.1) is 11.6 Å². The molecule has 2 aromatic rings. The number of aromatic hydroxyl groups is 1. The van der Waals surface area contributed by atoms with Gasteiger partial charge in [0, 0.05) is 17.7 Å². The van der Waals surface area contributed by atoms with Gasteiger partial charge < -0.3 is 16.2 Å². The fourth-order valence-corrected chi connectivity index (χ4v) is 1.64. The number of nitrogens with two attached hydrogens (primary N) is 1. The van der Waals surface area contributed by atoms with Crippen LogP contribution in [-0.4, -0.2) is 11.0 Å². The maximum Gasteiger partial charge on any atom is 0.251 e. The van der Waals surface area contributed by atoms with Crippen LogP contribution in [0.5, 0.6) is 5.75 Å². The minimum atomic E-state index is -0.605. The third kappa shape index (κ3) is 3.03. The first kappa shape index (κ1) is 13.8. The van der Waals surface area contributed by atoms with E-state index in [4.69, 9.17) is 5.73 Å². The van der Waals surface area contributed by atoms with Crippen LogP contribution < -0.4 is 11.1 Å². The Hall–Kier alpha value is -2.63. The van der Waals surface area contributed by atoms with Crippen LogP contribution in [-0.2, 0) is 6.54 Å². The van der Waals surface area contributed by atoms with Gasteiger partial charge in [0.25, 0.3) is 5.91 Å². The van der Waals surface area contributed by atoms with E-state index in [1.165, 1.54) is 18.2 Å². The quantitative estimate of drug-likeness (QED) is 0.595. The number of nitrogens with one attached hydrogen (secondary N) is 1. The minimum Gasteiger partial charge on any atom is -0.506 e. The molecule has 0 unspecified atom stereocenters. The summed E-state index contributed by atoms with van der Waals surface area (Å²) in [5.41, 5.74) is 5.78. The molecule has 0 aliphatic rings. The molecule has 0 bridgehead atoms. The highest BCUT2D eigenvalue weighted by Gasteiger charge is 2.10. The van der Waals surface area contributed by atoms with Crippen LogP contribution in [0.4, 0.5) is 14.5 Å². The summed E-state index contributed by atoms with van der Waals surface area (Å²) in [4.78, 5) is 11.8. The third-order valence-corrected chi connectivity index (χ3v) is 2.74. The molecule has 0 saturated heterocycles. The molecule has 0 saturated carbocycles. The molecule has 0 aliphatic heterocycles. The summed E-state index contributed by atoms with van der Waals surface area (Å²) < 4.78 is 26.3. The third-order valence-electron chi connectivity index (χ3n) is 2.74. The van der Waals surface area contributed by atoms with E-state index in [0.717, 1.165) is 18.2 Å². The minimum absolute atomic E-state index is 0.0398. The predicted molar refractivity (Wildman–Crippen MR) is 70.0 cm³/mol. The van der Waals surface area contributed by atoms with Crippen LogP contribution in [0.2, 0.25) is 0 Å². The van der Waals surface area contributed by atoms with Crippen LogP contribution in [0.3, 0.4) is 0 Å². The Morgan fingerprint density at radius 2 is 1.95 bits per heavy atom. The predicted octanol–water partition coefficient (Wildman–Crippen LogP) is 2.18. The molecule has 0 atom stereocenters. The van der Waals surface area contributed by atoms with Crippen molar-refractivity contribution in [3.63, 3.8) is 0 Å². The molecule has 2 rings (SSSR count). The molecule has 6 heteroatoms. The molecule has 0 radical (unpaired) electrons. The van der Waals surface area contributed by atoms with Crippen molar-refractivity contribution in [1.29, 1.82) is 0 Å². The lowest BCUT2D eigenvalue weighted by Crippen LogP contribution is -2.23. The van der Waals surface area contributed by atoms with Crippen molar-refractivity contribution in [2.24, 2.45) is 0 Å². The fourth-order valence-electron chi connectivity index (χ4n) is 1.64. The number of carbonyl (C=O) groups is 1. The Kier molecular flexibility index (Phi) is 3.84. The molecule has 1 amide bonds. The van der Waals surface area contributed by atoms with Gasteiger partial charge in [0.05, 0.1) is 5.69 Å². The van der Waals surface area contributed by atoms with E-state index in [1.54, 1.807) is 0 Å². The molecule has 104 valence electrons. The molecular formula is C14H12F2N2O2. The highest BCUT2D eigenvalue weighted by Crippen LogP contribution is 2.20. The summed E-state index contributed by atoms with van der Waals surface area (Å²) in [5.74, 6) is -1.92. The van der Waals surface area contributed by atoms with Gasteiger partial charge in [-0.3, -0.25) is 4.79 Å². The zero-order valence-corrected chi connectivity index (χ0v) is 10.4. The Bertz CT molecular complexity index is 660. The van der Waals surface area contributed by atoms with E-state index in [1.807, 2.05) is 0 Å². The topological polar surface area (TPSA) is 75.4 Å². The molecule has 0 heterocycles. The largest absolute Gasteiger partial charge is 0.506 e. The van der Waals surface area contributed by atoms with Crippen molar-refractivity contribution in [2.75, 3.05) is 5.73 Å². The number of nitrogen functional groups attached to an aromatic ring is 1. The van der Waals surface area contributed by atoms with Crippen LogP contribution in [0.15, 0.2) is 36.4 Å². The van der Waals surface area contributed by atoms with E-state index in [2.05, 4.69) is 5.32 Å². The fraction of sp³-hybridized carbons (Fsp3) is 0.0714. The maximum absolute atomic E-state index is 13.4. The first-order valence-corrected chi connectivity index (χ1v) is 5.78. The summed E-state index contributed by atoms with van der Waals surface area (Å²) >= 11 is 0. The Balaban J connectivity index is 2.08. The van der Waals surface area contributed by atoms with Crippen LogP contribution in [0.25, 0.3) is 0 Å². The molecule has 0 spiro atoms. The van der Waals surface area contributed by atoms with E-state index < -0.39 is 17.5 Å². The molecule has 0 fully saturated rings. The van der Waals surface area contributed by atoms with Crippen molar-refractivity contribution in [3.05, 3.63) is 59.2 Å². The van der Waals surface area contributed by atoms with E-state index in [0.29, 0.717) is 0 Å². The number of halogens is 2.